The van der Waals surface area contributed by atoms with E-state index in [4.69, 9.17) is 9.29 Å². The van der Waals surface area contributed by atoms with E-state index in [1.54, 1.807) is 0 Å². The lowest BCUT2D eigenvalue weighted by Crippen LogP contribution is -2.52. The molecular weight excluding hydrogens is 491 g/mol. The molecule has 4 aliphatic rings. The van der Waals surface area contributed by atoms with Crippen LogP contribution in [0.5, 0.6) is 0 Å². The molecule has 4 aliphatic carbocycles. The SMILES string of the molecule is O=C(OC(C(F)(F)F)C(F)(F)S(=O)(=O)O)c1cccc(C(=O)OC23CC4CC(CC(C4)C2)C3)c1. The highest BCUT2D eigenvalue weighted by Crippen LogP contribution is 2.57. The Morgan fingerprint density at radius 1 is 0.941 bits per heavy atom. The molecule has 0 radical (unpaired) electrons. The largest absolute Gasteiger partial charge is 0.455 e. The van der Waals surface area contributed by atoms with Gasteiger partial charge in [0.1, 0.15) is 5.60 Å². The zero-order valence-corrected chi connectivity index (χ0v) is 18.4. The predicted molar refractivity (Wildman–Crippen MR) is 105 cm³/mol. The van der Waals surface area contributed by atoms with Gasteiger partial charge in [-0.15, -0.1) is 0 Å². The quantitative estimate of drug-likeness (QED) is 0.343. The van der Waals surface area contributed by atoms with E-state index in [0.717, 1.165) is 37.5 Å². The molecule has 1 aromatic carbocycles. The Morgan fingerprint density at radius 2 is 1.41 bits per heavy atom. The van der Waals surface area contributed by atoms with Crippen LogP contribution in [0.1, 0.15) is 59.2 Å². The minimum absolute atomic E-state index is 0.199. The number of alkyl halides is 5. The van der Waals surface area contributed by atoms with E-state index in [-0.39, 0.29) is 5.56 Å². The van der Waals surface area contributed by atoms with Crippen molar-refractivity contribution < 1.29 is 54.0 Å². The van der Waals surface area contributed by atoms with Gasteiger partial charge < -0.3 is 9.47 Å². The van der Waals surface area contributed by atoms with Crippen molar-refractivity contribution in [2.75, 3.05) is 0 Å². The Labute approximate surface area is 191 Å². The smallest absolute Gasteiger partial charge is 0.432 e. The van der Waals surface area contributed by atoms with Gasteiger partial charge in [0.2, 0.25) is 0 Å². The van der Waals surface area contributed by atoms with Gasteiger partial charge in [-0.2, -0.15) is 30.4 Å². The van der Waals surface area contributed by atoms with E-state index in [0.29, 0.717) is 37.0 Å². The number of esters is 2. The van der Waals surface area contributed by atoms with Crippen LogP contribution in [0.25, 0.3) is 0 Å². The van der Waals surface area contributed by atoms with Gasteiger partial charge in [-0.1, -0.05) is 6.07 Å². The molecule has 13 heteroatoms. The maximum atomic E-state index is 13.7. The van der Waals surface area contributed by atoms with Gasteiger partial charge in [0.15, 0.2) is 0 Å². The molecule has 0 spiro atoms. The molecular formula is C21H21F5O7S. The summed E-state index contributed by atoms with van der Waals surface area (Å²) in [5.74, 6) is -1.39. The topological polar surface area (TPSA) is 107 Å². The van der Waals surface area contributed by atoms with Crippen LogP contribution in [0, 0.1) is 17.8 Å². The summed E-state index contributed by atoms with van der Waals surface area (Å²) in [7, 11) is -6.57. The molecule has 0 amide bonds. The van der Waals surface area contributed by atoms with Crippen molar-refractivity contribution in [1.82, 2.24) is 0 Å². The van der Waals surface area contributed by atoms with Gasteiger partial charge in [-0.3, -0.25) is 4.55 Å². The second-order valence-corrected chi connectivity index (χ2v) is 10.9. The second-order valence-electron chi connectivity index (χ2n) is 9.43. The van der Waals surface area contributed by atoms with Crippen LogP contribution in [-0.2, 0) is 19.6 Å². The van der Waals surface area contributed by atoms with Gasteiger partial charge in [0, 0.05) is 0 Å². The molecule has 4 saturated carbocycles. The highest BCUT2D eigenvalue weighted by Gasteiger charge is 2.66. The molecule has 1 unspecified atom stereocenters. The molecule has 34 heavy (non-hydrogen) atoms. The summed E-state index contributed by atoms with van der Waals surface area (Å²) in [6.45, 7) is 0. The standard InChI is InChI=1S/C21H21F5O7S/c22-20(23,24)18(21(25,26)34(29,30)31)32-16(27)14-2-1-3-15(7-14)17(28)33-19-8-11-4-12(9-19)6-13(5-11)10-19/h1-3,7,11-13,18H,4-6,8-10H2,(H,29,30,31). The summed E-state index contributed by atoms with van der Waals surface area (Å²) < 4.78 is 106. The van der Waals surface area contributed by atoms with E-state index < -0.39 is 50.8 Å². The van der Waals surface area contributed by atoms with Crippen LogP contribution in [0.15, 0.2) is 24.3 Å². The molecule has 7 nitrogen and oxygen atoms in total. The first-order valence-electron chi connectivity index (χ1n) is 10.6. The van der Waals surface area contributed by atoms with Crippen molar-refractivity contribution in [3.63, 3.8) is 0 Å². The number of hydrogen-bond donors (Lipinski definition) is 1. The zero-order valence-electron chi connectivity index (χ0n) is 17.6. The third-order valence-corrected chi connectivity index (χ3v) is 7.70. The molecule has 4 bridgehead atoms. The summed E-state index contributed by atoms with van der Waals surface area (Å²) in [6, 6.07) is 4.09. The molecule has 0 heterocycles. The van der Waals surface area contributed by atoms with Crippen LogP contribution in [-0.4, -0.2) is 48.0 Å². The Balaban J connectivity index is 1.51. The average molecular weight is 512 g/mol. The molecule has 5 rings (SSSR count). The number of rotatable bonds is 6. The van der Waals surface area contributed by atoms with Crippen molar-refractivity contribution >= 4 is 22.1 Å². The highest BCUT2D eigenvalue weighted by molar-refractivity contribution is 7.86. The fourth-order valence-corrected chi connectivity index (χ4v) is 6.27. The number of carbonyl (C=O) groups is 2. The molecule has 4 fully saturated rings. The van der Waals surface area contributed by atoms with Crippen molar-refractivity contribution in [1.29, 1.82) is 0 Å². The minimum atomic E-state index is -6.57. The van der Waals surface area contributed by atoms with E-state index in [1.165, 1.54) is 6.07 Å². The van der Waals surface area contributed by atoms with Crippen LogP contribution in [0.2, 0.25) is 0 Å². The summed E-state index contributed by atoms with van der Waals surface area (Å²) in [5, 5.41) is -5.85. The summed E-state index contributed by atoms with van der Waals surface area (Å²) in [4.78, 5) is 25.0. The van der Waals surface area contributed by atoms with Gasteiger partial charge >= 0.3 is 33.5 Å². The summed E-state index contributed by atoms with van der Waals surface area (Å²) in [6.07, 6.45) is -5.08. The Kier molecular flexibility index (Phi) is 5.95. The van der Waals surface area contributed by atoms with Crippen molar-refractivity contribution in [2.45, 2.75) is 61.7 Å². The maximum absolute atomic E-state index is 13.7. The number of benzene rings is 1. The van der Waals surface area contributed by atoms with Crippen LogP contribution < -0.4 is 0 Å². The molecule has 0 saturated heterocycles. The summed E-state index contributed by atoms with van der Waals surface area (Å²) in [5.41, 5.74) is -1.54. The Bertz CT molecular complexity index is 1060. The third-order valence-electron chi connectivity index (χ3n) is 6.80. The maximum Gasteiger partial charge on any atom is 0.432 e. The predicted octanol–water partition coefficient (Wildman–Crippen LogP) is 4.38. The molecule has 0 aliphatic heterocycles. The van der Waals surface area contributed by atoms with Gasteiger partial charge in [0.05, 0.1) is 11.1 Å². The number of carbonyl (C=O) groups excluding carboxylic acids is 2. The van der Waals surface area contributed by atoms with E-state index in [1.807, 2.05) is 0 Å². The molecule has 0 aromatic heterocycles. The molecule has 1 aromatic rings. The normalized spacial score (nSPS) is 29.5. The number of halogens is 5. The fourth-order valence-electron chi connectivity index (χ4n) is 5.82. The van der Waals surface area contributed by atoms with Gasteiger partial charge in [-0.05, 0) is 74.5 Å². The van der Waals surface area contributed by atoms with Crippen molar-refractivity contribution in [3.05, 3.63) is 35.4 Å². The lowest BCUT2D eigenvalue weighted by molar-refractivity contribution is -0.248. The Morgan fingerprint density at radius 3 is 1.85 bits per heavy atom. The van der Waals surface area contributed by atoms with Crippen molar-refractivity contribution in [2.24, 2.45) is 17.8 Å². The highest BCUT2D eigenvalue weighted by atomic mass is 32.2. The van der Waals surface area contributed by atoms with Crippen LogP contribution in [0.3, 0.4) is 0 Å². The molecule has 1 N–H and O–H groups in total. The molecule has 1 atom stereocenters. The first-order chi connectivity index (χ1) is 15.6. The third kappa shape index (κ3) is 4.64. The molecule has 188 valence electrons. The first kappa shape index (κ1) is 24.8. The fraction of sp³-hybridized carbons (Fsp3) is 0.619. The lowest BCUT2D eigenvalue weighted by Gasteiger charge is -2.55. The Hall–Kier alpha value is -2.28. The lowest BCUT2D eigenvalue weighted by atomic mass is 9.54. The number of ether oxygens (including phenoxy) is 2. The zero-order chi connectivity index (χ0) is 25.1. The average Bonchev–Trinajstić information content (AvgIpc) is 2.68. The van der Waals surface area contributed by atoms with E-state index in [2.05, 4.69) is 4.74 Å². The van der Waals surface area contributed by atoms with Crippen LogP contribution in [0.4, 0.5) is 22.0 Å². The number of hydrogen-bond acceptors (Lipinski definition) is 6. The first-order valence-corrected chi connectivity index (χ1v) is 12.0. The second kappa shape index (κ2) is 8.14. The monoisotopic (exact) mass is 512 g/mol. The van der Waals surface area contributed by atoms with Gasteiger partial charge in [0.25, 0.3) is 6.10 Å². The van der Waals surface area contributed by atoms with Gasteiger partial charge in [-0.25, -0.2) is 9.59 Å². The van der Waals surface area contributed by atoms with E-state index >= 15 is 0 Å². The van der Waals surface area contributed by atoms with E-state index in [9.17, 15) is 40.0 Å². The van der Waals surface area contributed by atoms with Crippen molar-refractivity contribution in [3.8, 4) is 0 Å². The minimum Gasteiger partial charge on any atom is -0.455 e. The van der Waals surface area contributed by atoms with Crippen LogP contribution >= 0.6 is 0 Å². The summed E-state index contributed by atoms with van der Waals surface area (Å²) >= 11 is 0.